The van der Waals surface area contributed by atoms with Crippen molar-refractivity contribution in [2.75, 3.05) is 5.32 Å². The van der Waals surface area contributed by atoms with Crippen molar-refractivity contribution in [2.45, 2.75) is 6.92 Å². The Bertz CT molecular complexity index is 640. The maximum atomic E-state index is 11.0. The molecule has 88 valence electrons. The van der Waals surface area contributed by atoms with Crippen LogP contribution in [0.25, 0.3) is 5.69 Å². The summed E-state index contributed by atoms with van der Waals surface area (Å²) in [5.41, 5.74) is 1.50. The first-order valence-electron chi connectivity index (χ1n) is 4.85. The zero-order valence-electron chi connectivity index (χ0n) is 8.98. The number of hydrogen-bond acceptors (Lipinski definition) is 3. The van der Waals surface area contributed by atoms with Crippen LogP contribution in [0.1, 0.15) is 6.92 Å². The van der Waals surface area contributed by atoms with Gasteiger partial charge in [0.1, 0.15) is 0 Å². The number of amides is 1. The molecule has 1 aromatic carbocycles. The molecule has 17 heavy (non-hydrogen) atoms. The third kappa shape index (κ3) is 2.51. The predicted octanol–water partition coefficient (Wildman–Crippen LogP) is 2.55. The average Bonchev–Trinajstić information content (AvgIpc) is 2.58. The van der Waals surface area contributed by atoms with Gasteiger partial charge < -0.3 is 5.32 Å². The maximum absolute atomic E-state index is 11.0. The Kier molecular flexibility index (Phi) is 3.21. The number of carbonyl (C=O) groups is 1. The highest BCUT2D eigenvalue weighted by atomic mass is 32.1. The van der Waals surface area contributed by atoms with E-state index in [1.54, 1.807) is 16.7 Å². The molecule has 0 aliphatic rings. The zero-order valence-corrected chi connectivity index (χ0v) is 10.6. The summed E-state index contributed by atoms with van der Waals surface area (Å²) in [7, 11) is 0. The van der Waals surface area contributed by atoms with E-state index < -0.39 is 0 Å². The van der Waals surface area contributed by atoms with E-state index in [4.69, 9.17) is 24.4 Å². The van der Waals surface area contributed by atoms with Crippen LogP contribution < -0.4 is 5.32 Å². The fourth-order valence-corrected chi connectivity index (χ4v) is 2.02. The van der Waals surface area contributed by atoms with Crippen molar-refractivity contribution in [3.05, 3.63) is 33.8 Å². The van der Waals surface area contributed by atoms with E-state index in [9.17, 15) is 4.79 Å². The molecule has 0 radical (unpaired) electrons. The summed E-state index contributed by atoms with van der Waals surface area (Å²) in [5, 5.41) is 8.22. The van der Waals surface area contributed by atoms with Gasteiger partial charge in [-0.25, -0.2) is 0 Å². The Hall–Kier alpha value is -1.73. The van der Waals surface area contributed by atoms with Gasteiger partial charge in [-0.05, 0) is 42.6 Å². The molecule has 0 bridgehead atoms. The molecular weight excluding hydrogens is 256 g/mol. The molecule has 0 unspecified atom stereocenters. The Labute approximate surface area is 107 Å². The molecule has 0 atom stereocenters. The number of anilines is 1. The van der Waals surface area contributed by atoms with Crippen LogP contribution >= 0.6 is 24.4 Å². The highest BCUT2D eigenvalue weighted by molar-refractivity contribution is 7.72. The lowest BCUT2D eigenvalue weighted by Gasteiger charge is -2.05. The molecule has 3 N–H and O–H groups in total. The molecule has 1 heterocycles. The summed E-state index contributed by atoms with van der Waals surface area (Å²) >= 11 is 10.2. The minimum absolute atomic E-state index is 0.120. The largest absolute Gasteiger partial charge is 0.326 e. The van der Waals surface area contributed by atoms with Crippen molar-refractivity contribution in [2.24, 2.45) is 0 Å². The second-order valence-electron chi connectivity index (χ2n) is 3.43. The lowest BCUT2D eigenvalue weighted by molar-refractivity contribution is -0.114. The number of hydrogen-bond donors (Lipinski definition) is 3. The third-order valence-electron chi connectivity index (χ3n) is 2.11. The summed E-state index contributed by atoms with van der Waals surface area (Å²) in [5.74, 6) is -0.120. The van der Waals surface area contributed by atoms with Gasteiger partial charge in [0, 0.05) is 12.6 Å². The first-order chi connectivity index (χ1) is 8.08. The van der Waals surface area contributed by atoms with Crippen LogP contribution in [0, 0.1) is 9.54 Å². The smallest absolute Gasteiger partial charge is 0.221 e. The second-order valence-corrected chi connectivity index (χ2v) is 4.20. The number of H-pyrrole nitrogens is 2. The van der Waals surface area contributed by atoms with Crippen LogP contribution in [-0.4, -0.2) is 20.7 Å². The van der Waals surface area contributed by atoms with Crippen LogP contribution in [0.15, 0.2) is 24.3 Å². The van der Waals surface area contributed by atoms with Gasteiger partial charge in [0.2, 0.25) is 5.91 Å². The molecule has 1 aromatic heterocycles. The number of nitrogens with one attached hydrogen (secondary N) is 3. The molecule has 0 spiro atoms. The lowest BCUT2D eigenvalue weighted by atomic mass is 10.2. The topological polar surface area (TPSA) is 65.6 Å². The molecule has 2 aromatic rings. The van der Waals surface area contributed by atoms with Gasteiger partial charge in [0.05, 0.1) is 5.69 Å². The highest BCUT2D eigenvalue weighted by Gasteiger charge is 2.02. The van der Waals surface area contributed by atoms with Crippen LogP contribution in [-0.2, 0) is 4.79 Å². The second kappa shape index (κ2) is 4.64. The molecular formula is C10H10N4OS2. The summed E-state index contributed by atoms with van der Waals surface area (Å²) in [6, 6.07) is 7.28. The molecule has 0 saturated heterocycles. The monoisotopic (exact) mass is 266 g/mol. The number of aromatic nitrogens is 3. The standard InChI is InChI=1S/C10H10N4OS2/c1-6(15)11-7-3-2-4-8(5-7)14-9(16)12-13-10(14)17/h2-5H,1H3,(H,11,15)(H,12,16)(H,13,17). The van der Waals surface area contributed by atoms with E-state index in [1.807, 2.05) is 12.1 Å². The van der Waals surface area contributed by atoms with Gasteiger partial charge in [0.25, 0.3) is 0 Å². The van der Waals surface area contributed by atoms with Crippen LogP contribution in [0.3, 0.4) is 0 Å². The summed E-state index contributed by atoms with van der Waals surface area (Å²) in [4.78, 5) is 11.0. The molecule has 0 saturated carbocycles. The van der Waals surface area contributed by atoms with Gasteiger partial charge >= 0.3 is 0 Å². The van der Waals surface area contributed by atoms with Crippen molar-refractivity contribution in [3.8, 4) is 5.69 Å². The van der Waals surface area contributed by atoms with Gasteiger partial charge in [-0.2, -0.15) is 0 Å². The quantitative estimate of drug-likeness (QED) is 0.732. The normalized spacial score (nSPS) is 10.2. The molecule has 0 fully saturated rings. The maximum Gasteiger partial charge on any atom is 0.221 e. The van der Waals surface area contributed by atoms with Crippen molar-refractivity contribution in [1.29, 1.82) is 0 Å². The molecule has 2 rings (SSSR count). The first-order valence-corrected chi connectivity index (χ1v) is 5.67. The van der Waals surface area contributed by atoms with E-state index in [-0.39, 0.29) is 5.91 Å². The van der Waals surface area contributed by atoms with Gasteiger partial charge in [-0.1, -0.05) is 6.07 Å². The average molecular weight is 266 g/mol. The first kappa shape index (κ1) is 11.7. The zero-order chi connectivity index (χ0) is 12.4. The molecule has 1 amide bonds. The summed E-state index contributed by atoms with van der Waals surface area (Å²) in [6.45, 7) is 1.46. The fraction of sp³-hybridized carbons (Fsp3) is 0.100. The number of aromatic amines is 2. The Morgan fingerprint density at radius 1 is 1.29 bits per heavy atom. The number of benzene rings is 1. The highest BCUT2D eigenvalue weighted by Crippen LogP contribution is 2.15. The third-order valence-corrected chi connectivity index (χ3v) is 2.68. The van der Waals surface area contributed by atoms with Crippen molar-refractivity contribution < 1.29 is 4.79 Å². The summed E-state index contributed by atoms with van der Waals surface area (Å²) < 4.78 is 2.64. The van der Waals surface area contributed by atoms with E-state index in [2.05, 4.69) is 15.5 Å². The molecule has 5 nitrogen and oxygen atoms in total. The predicted molar refractivity (Wildman–Crippen MR) is 70.4 cm³/mol. The number of rotatable bonds is 2. The van der Waals surface area contributed by atoms with Crippen molar-refractivity contribution >= 4 is 36.0 Å². The minimum atomic E-state index is -0.120. The van der Waals surface area contributed by atoms with Crippen molar-refractivity contribution in [3.63, 3.8) is 0 Å². The Morgan fingerprint density at radius 2 is 1.94 bits per heavy atom. The van der Waals surface area contributed by atoms with E-state index in [1.165, 1.54) is 6.92 Å². The number of carbonyl (C=O) groups excluding carboxylic acids is 1. The van der Waals surface area contributed by atoms with E-state index in [0.717, 1.165) is 5.69 Å². The van der Waals surface area contributed by atoms with Crippen LogP contribution in [0.2, 0.25) is 0 Å². The Balaban J connectivity index is 2.50. The van der Waals surface area contributed by atoms with Gasteiger partial charge in [-0.15, -0.1) is 0 Å². The summed E-state index contributed by atoms with van der Waals surface area (Å²) in [6.07, 6.45) is 0. The fourth-order valence-electron chi connectivity index (χ4n) is 1.47. The SMILES string of the molecule is CC(=O)Nc1cccc(-n2c(=S)[nH][nH]c2=S)c1. The molecule has 0 aliphatic heterocycles. The van der Waals surface area contributed by atoms with Crippen molar-refractivity contribution in [1.82, 2.24) is 14.8 Å². The van der Waals surface area contributed by atoms with E-state index in [0.29, 0.717) is 15.2 Å². The van der Waals surface area contributed by atoms with Crippen LogP contribution in [0.4, 0.5) is 5.69 Å². The van der Waals surface area contributed by atoms with Crippen LogP contribution in [0.5, 0.6) is 0 Å². The Morgan fingerprint density at radius 3 is 2.53 bits per heavy atom. The lowest BCUT2D eigenvalue weighted by Crippen LogP contribution is -2.06. The van der Waals surface area contributed by atoms with Gasteiger partial charge in [-0.3, -0.25) is 19.6 Å². The molecule has 7 heteroatoms. The van der Waals surface area contributed by atoms with Gasteiger partial charge in [0.15, 0.2) is 9.54 Å². The molecule has 0 aliphatic carbocycles. The van der Waals surface area contributed by atoms with E-state index >= 15 is 0 Å². The minimum Gasteiger partial charge on any atom is -0.326 e. The number of nitrogens with zero attached hydrogens (tertiary/aromatic N) is 1.